The summed E-state index contributed by atoms with van der Waals surface area (Å²) in [6, 6.07) is 17.3. The van der Waals surface area contributed by atoms with E-state index in [9.17, 15) is 9.65 Å². The third-order valence-electron chi connectivity index (χ3n) is 4.02. The summed E-state index contributed by atoms with van der Waals surface area (Å²) in [5.41, 5.74) is 1.09. The lowest BCUT2D eigenvalue weighted by Gasteiger charge is -2.43. The molecule has 0 heterocycles. The Balaban J connectivity index is 1.71. The maximum atomic E-state index is 13.8. The molecule has 3 rings (SSSR count). The third-order valence-corrected chi connectivity index (χ3v) is 4.51. The molecule has 1 aliphatic rings. The second-order valence-corrected chi connectivity index (χ2v) is 6.35. The van der Waals surface area contributed by atoms with E-state index in [1.165, 1.54) is 6.07 Å². The molecule has 1 saturated carbocycles. The topological polar surface area (TPSA) is 35.8 Å². The third kappa shape index (κ3) is 2.66. The van der Waals surface area contributed by atoms with Crippen molar-refractivity contribution in [2.45, 2.75) is 24.3 Å². The van der Waals surface area contributed by atoms with Crippen LogP contribution in [-0.2, 0) is 5.41 Å². The largest absolute Gasteiger partial charge is 0.380 e. The Morgan fingerprint density at radius 1 is 1.19 bits per heavy atom. The summed E-state index contributed by atoms with van der Waals surface area (Å²) < 4.78 is 14.5. The first-order valence-electron chi connectivity index (χ1n) is 6.81. The second-order valence-electron chi connectivity index (χ2n) is 5.43. The lowest BCUT2D eigenvalue weighted by Crippen LogP contribution is -2.47. The summed E-state index contributed by atoms with van der Waals surface area (Å²) in [7, 11) is 0. The van der Waals surface area contributed by atoms with Gasteiger partial charge in [-0.15, -0.1) is 0 Å². The van der Waals surface area contributed by atoms with Crippen LogP contribution >= 0.6 is 15.9 Å². The van der Waals surface area contributed by atoms with Gasteiger partial charge in [-0.3, -0.25) is 0 Å². The van der Waals surface area contributed by atoms with Gasteiger partial charge in [-0.25, -0.2) is 4.39 Å². The number of nitrogens with zero attached hydrogens (tertiary/aromatic N) is 1. The minimum atomic E-state index is -0.440. The first-order valence-corrected chi connectivity index (χ1v) is 7.61. The van der Waals surface area contributed by atoms with Gasteiger partial charge in [-0.1, -0.05) is 46.3 Å². The summed E-state index contributed by atoms with van der Waals surface area (Å²) in [5, 5.41) is 12.7. The molecular formula is C17H14BrFN2. The zero-order valence-electron chi connectivity index (χ0n) is 11.3. The van der Waals surface area contributed by atoms with E-state index in [-0.39, 0.29) is 11.9 Å². The number of rotatable bonds is 3. The number of halogens is 2. The number of benzene rings is 2. The van der Waals surface area contributed by atoms with Crippen molar-refractivity contribution >= 4 is 21.6 Å². The van der Waals surface area contributed by atoms with Crippen LogP contribution < -0.4 is 5.32 Å². The Morgan fingerprint density at radius 3 is 2.52 bits per heavy atom. The van der Waals surface area contributed by atoms with Crippen LogP contribution in [0.5, 0.6) is 0 Å². The summed E-state index contributed by atoms with van der Waals surface area (Å²) in [4.78, 5) is 0. The Kier molecular flexibility index (Phi) is 3.69. The molecule has 1 N–H and O–H groups in total. The SMILES string of the molecule is N#CC1(c2ccccc2)CC(Nc2ccc(Br)cc2F)C1. The average Bonchev–Trinajstić information content (AvgIpc) is 2.45. The Morgan fingerprint density at radius 2 is 1.90 bits per heavy atom. The molecule has 0 atom stereocenters. The van der Waals surface area contributed by atoms with Crippen LogP contribution in [0.15, 0.2) is 53.0 Å². The molecule has 0 spiro atoms. The smallest absolute Gasteiger partial charge is 0.147 e. The zero-order valence-corrected chi connectivity index (χ0v) is 12.9. The van der Waals surface area contributed by atoms with Crippen LogP contribution in [-0.4, -0.2) is 6.04 Å². The van der Waals surface area contributed by atoms with Gasteiger partial charge in [0.1, 0.15) is 5.82 Å². The molecule has 1 fully saturated rings. The van der Waals surface area contributed by atoms with Crippen molar-refractivity contribution in [1.29, 1.82) is 5.26 Å². The van der Waals surface area contributed by atoms with E-state index in [1.54, 1.807) is 12.1 Å². The van der Waals surface area contributed by atoms with Crippen molar-refractivity contribution < 1.29 is 4.39 Å². The van der Waals surface area contributed by atoms with Gasteiger partial charge in [0.15, 0.2) is 0 Å². The molecule has 0 saturated heterocycles. The molecule has 106 valence electrons. The summed E-state index contributed by atoms with van der Waals surface area (Å²) in [6.45, 7) is 0. The van der Waals surface area contributed by atoms with E-state index in [2.05, 4.69) is 27.3 Å². The average molecular weight is 345 g/mol. The molecule has 1 aliphatic carbocycles. The lowest BCUT2D eigenvalue weighted by atomic mass is 9.62. The molecular weight excluding hydrogens is 331 g/mol. The fourth-order valence-electron chi connectivity index (χ4n) is 2.86. The summed E-state index contributed by atoms with van der Waals surface area (Å²) in [6.07, 6.45) is 1.39. The highest BCUT2D eigenvalue weighted by atomic mass is 79.9. The van der Waals surface area contributed by atoms with E-state index in [0.717, 1.165) is 10.0 Å². The van der Waals surface area contributed by atoms with Crippen LogP contribution in [0.1, 0.15) is 18.4 Å². The predicted octanol–water partition coefficient (Wildman–Crippen LogP) is 4.62. The number of hydrogen-bond donors (Lipinski definition) is 1. The fourth-order valence-corrected chi connectivity index (χ4v) is 3.19. The van der Waals surface area contributed by atoms with E-state index in [0.29, 0.717) is 18.5 Å². The van der Waals surface area contributed by atoms with Gasteiger partial charge < -0.3 is 5.32 Å². The van der Waals surface area contributed by atoms with Gasteiger partial charge in [0.25, 0.3) is 0 Å². The predicted molar refractivity (Wildman–Crippen MR) is 84.5 cm³/mol. The van der Waals surface area contributed by atoms with E-state index in [4.69, 9.17) is 0 Å². The number of hydrogen-bond acceptors (Lipinski definition) is 2. The minimum absolute atomic E-state index is 0.125. The normalized spacial score (nSPS) is 24.0. The van der Waals surface area contributed by atoms with Crippen molar-refractivity contribution in [3.8, 4) is 6.07 Å². The maximum absolute atomic E-state index is 13.8. The van der Waals surface area contributed by atoms with Crippen molar-refractivity contribution in [1.82, 2.24) is 0 Å². The molecule has 2 nitrogen and oxygen atoms in total. The highest BCUT2D eigenvalue weighted by Gasteiger charge is 2.46. The van der Waals surface area contributed by atoms with E-state index in [1.807, 2.05) is 30.3 Å². The molecule has 4 heteroatoms. The van der Waals surface area contributed by atoms with Crippen LogP contribution in [0, 0.1) is 17.1 Å². The molecule has 2 aromatic carbocycles. The van der Waals surface area contributed by atoms with Gasteiger partial charge in [0.05, 0.1) is 17.2 Å². The molecule has 0 radical (unpaired) electrons. The standard InChI is InChI=1S/C17H14BrFN2/c18-13-6-7-16(15(19)8-13)21-14-9-17(10-14,11-20)12-4-2-1-3-5-12/h1-8,14,21H,9-10H2. The molecule has 0 aliphatic heterocycles. The first kappa shape index (κ1) is 14.1. The number of nitrogens with one attached hydrogen (secondary N) is 1. The quantitative estimate of drug-likeness (QED) is 0.881. The molecule has 0 amide bonds. The Hall–Kier alpha value is -1.86. The number of anilines is 1. The van der Waals surface area contributed by atoms with Crippen molar-refractivity contribution in [2.75, 3.05) is 5.32 Å². The summed E-state index contributed by atoms with van der Waals surface area (Å²) in [5.74, 6) is -0.279. The zero-order chi connectivity index (χ0) is 14.9. The molecule has 0 bridgehead atoms. The van der Waals surface area contributed by atoms with Crippen molar-refractivity contribution in [3.63, 3.8) is 0 Å². The summed E-state index contributed by atoms with van der Waals surface area (Å²) >= 11 is 3.24. The first-order chi connectivity index (χ1) is 10.1. The molecule has 0 aromatic heterocycles. The minimum Gasteiger partial charge on any atom is -0.380 e. The number of nitriles is 1. The van der Waals surface area contributed by atoms with Gasteiger partial charge in [-0.2, -0.15) is 5.26 Å². The molecule has 2 aromatic rings. The second kappa shape index (κ2) is 5.50. The van der Waals surface area contributed by atoms with Crippen molar-refractivity contribution in [2.24, 2.45) is 0 Å². The lowest BCUT2D eigenvalue weighted by molar-refractivity contribution is 0.289. The van der Waals surface area contributed by atoms with Crippen LogP contribution in [0.3, 0.4) is 0 Å². The van der Waals surface area contributed by atoms with Gasteiger partial charge in [0.2, 0.25) is 0 Å². The van der Waals surface area contributed by atoms with Crippen LogP contribution in [0.4, 0.5) is 10.1 Å². The van der Waals surface area contributed by atoms with Crippen LogP contribution in [0.25, 0.3) is 0 Å². The van der Waals surface area contributed by atoms with Gasteiger partial charge >= 0.3 is 0 Å². The van der Waals surface area contributed by atoms with Gasteiger partial charge in [-0.05, 0) is 36.6 Å². The molecule has 21 heavy (non-hydrogen) atoms. The van der Waals surface area contributed by atoms with E-state index < -0.39 is 5.41 Å². The highest BCUT2D eigenvalue weighted by molar-refractivity contribution is 9.10. The fraction of sp³-hybridized carbons (Fsp3) is 0.235. The monoisotopic (exact) mass is 344 g/mol. The highest BCUT2D eigenvalue weighted by Crippen LogP contribution is 2.44. The molecule has 0 unspecified atom stereocenters. The Bertz CT molecular complexity index is 688. The Labute approximate surface area is 131 Å². The van der Waals surface area contributed by atoms with Gasteiger partial charge in [0, 0.05) is 10.5 Å². The maximum Gasteiger partial charge on any atom is 0.147 e. The van der Waals surface area contributed by atoms with Crippen LogP contribution in [0.2, 0.25) is 0 Å². The van der Waals surface area contributed by atoms with E-state index >= 15 is 0 Å². The van der Waals surface area contributed by atoms with Crippen molar-refractivity contribution in [3.05, 3.63) is 64.4 Å².